The third-order valence-electron chi connectivity index (χ3n) is 2.98. The van der Waals surface area contributed by atoms with E-state index >= 15 is 0 Å². The van der Waals surface area contributed by atoms with E-state index in [-0.39, 0.29) is 5.82 Å². The quantitative estimate of drug-likeness (QED) is 0.694. The lowest BCUT2D eigenvalue weighted by atomic mass is 10.2. The summed E-state index contributed by atoms with van der Waals surface area (Å²) in [5.74, 6) is 1.00. The molecule has 3 heteroatoms. The zero-order valence-electron chi connectivity index (χ0n) is 11.3. The predicted octanol–water partition coefficient (Wildman–Crippen LogP) is 5.36. The molecule has 0 aliphatic carbocycles. The Hall–Kier alpha value is -2.81. The van der Waals surface area contributed by atoms with Gasteiger partial charge in [-0.2, -0.15) is 0 Å². The summed E-state index contributed by atoms with van der Waals surface area (Å²) in [6.45, 7) is 0. The summed E-state index contributed by atoms with van der Waals surface area (Å²) in [6, 6.07) is 23.5. The van der Waals surface area contributed by atoms with Crippen LogP contribution in [0.1, 0.15) is 0 Å². The van der Waals surface area contributed by atoms with Crippen molar-refractivity contribution in [2.24, 2.45) is 0 Å². The highest BCUT2D eigenvalue weighted by molar-refractivity contribution is 5.66. The summed E-state index contributed by atoms with van der Waals surface area (Å²) in [5, 5.41) is 3.31. The minimum Gasteiger partial charge on any atom is -0.455 e. The molecule has 0 spiro atoms. The van der Waals surface area contributed by atoms with E-state index in [9.17, 15) is 4.39 Å². The van der Waals surface area contributed by atoms with E-state index in [2.05, 4.69) is 5.32 Å². The fourth-order valence-electron chi connectivity index (χ4n) is 1.97. The Morgan fingerprint density at radius 1 is 0.714 bits per heavy atom. The standard InChI is InChI=1S/C18H14FNO/c19-14-10-12-16(13-11-14)21-18-9-5-4-8-17(18)20-15-6-2-1-3-7-15/h1-13,20H. The van der Waals surface area contributed by atoms with Crippen molar-refractivity contribution in [2.75, 3.05) is 5.32 Å². The van der Waals surface area contributed by atoms with E-state index in [0.29, 0.717) is 11.5 Å². The molecule has 0 saturated carbocycles. The van der Waals surface area contributed by atoms with Gasteiger partial charge >= 0.3 is 0 Å². The fourth-order valence-corrected chi connectivity index (χ4v) is 1.97. The molecule has 0 fully saturated rings. The first-order valence-electron chi connectivity index (χ1n) is 6.66. The van der Waals surface area contributed by atoms with Gasteiger partial charge < -0.3 is 10.1 Å². The van der Waals surface area contributed by atoms with Crippen molar-refractivity contribution in [2.45, 2.75) is 0 Å². The van der Waals surface area contributed by atoms with Gasteiger partial charge in [-0.05, 0) is 48.5 Å². The van der Waals surface area contributed by atoms with Crippen LogP contribution in [-0.2, 0) is 0 Å². The van der Waals surface area contributed by atoms with E-state index in [4.69, 9.17) is 4.74 Å². The number of rotatable bonds is 4. The van der Waals surface area contributed by atoms with Crippen molar-refractivity contribution < 1.29 is 9.13 Å². The maximum absolute atomic E-state index is 12.9. The Labute approximate surface area is 122 Å². The average molecular weight is 279 g/mol. The molecule has 0 heterocycles. The van der Waals surface area contributed by atoms with Gasteiger partial charge in [0.1, 0.15) is 11.6 Å². The summed E-state index contributed by atoms with van der Waals surface area (Å²) in [5.41, 5.74) is 1.83. The molecule has 21 heavy (non-hydrogen) atoms. The monoisotopic (exact) mass is 279 g/mol. The molecule has 0 radical (unpaired) electrons. The highest BCUT2D eigenvalue weighted by Crippen LogP contribution is 2.31. The molecule has 1 N–H and O–H groups in total. The van der Waals surface area contributed by atoms with Crippen molar-refractivity contribution in [3.8, 4) is 11.5 Å². The van der Waals surface area contributed by atoms with Crippen molar-refractivity contribution in [1.82, 2.24) is 0 Å². The molecule has 0 atom stereocenters. The van der Waals surface area contributed by atoms with Crippen molar-refractivity contribution >= 4 is 11.4 Å². The topological polar surface area (TPSA) is 21.3 Å². The number of hydrogen-bond donors (Lipinski definition) is 1. The fraction of sp³-hybridized carbons (Fsp3) is 0. The molecular formula is C18H14FNO. The third-order valence-corrected chi connectivity index (χ3v) is 2.98. The Morgan fingerprint density at radius 2 is 1.38 bits per heavy atom. The predicted molar refractivity (Wildman–Crippen MR) is 82.6 cm³/mol. The van der Waals surface area contributed by atoms with Crippen LogP contribution in [0.15, 0.2) is 78.9 Å². The van der Waals surface area contributed by atoms with Crippen LogP contribution in [0.2, 0.25) is 0 Å². The van der Waals surface area contributed by atoms with Gasteiger partial charge in [0.25, 0.3) is 0 Å². The number of anilines is 2. The highest BCUT2D eigenvalue weighted by atomic mass is 19.1. The molecular weight excluding hydrogens is 265 g/mol. The third kappa shape index (κ3) is 3.39. The van der Waals surface area contributed by atoms with Crippen LogP contribution >= 0.6 is 0 Å². The molecule has 104 valence electrons. The van der Waals surface area contributed by atoms with Crippen molar-refractivity contribution in [3.63, 3.8) is 0 Å². The van der Waals surface area contributed by atoms with Crippen LogP contribution in [0, 0.1) is 5.82 Å². The van der Waals surface area contributed by atoms with E-state index < -0.39 is 0 Å². The Morgan fingerprint density at radius 3 is 2.14 bits per heavy atom. The molecule has 0 bridgehead atoms. The summed E-state index contributed by atoms with van der Waals surface area (Å²) in [7, 11) is 0. The Balaban J connectivity index is 1.84. The molecule has 0 aromatic heterocycles. The van der Waals surface area contributed by atoms with Crippen molar-refractivity contribution in [3.05, 3.63) is 84.7 Å². The summed E-state index contributed by atoms with van der Waals surface area (Å²) >= 11 is 0. The largest absolute Gasteiger partial charge is 0.455 e. The smallest absolute Gasteiger partial charge is 0.150 e. The van der Waals surface area contributed by atoms with Gasteiger partial charge in [0.05, 0.1) is 5.69 Å². The molecule has 0 aliphatic rings. The maximum atomic E-state index is 12.9. The summed E-state index contributed by atoms with van der Waals surface area (Å²) < 4.78 is 18.7. The summed E-state index contributed by atoms with van der Waals surface area (Å²) in [6.07, 6.45) is 0. The Kier molecular flexibility index (Phi) is 3.83. The number of para-hydroxylation sites is 3. The highest BCUT2D eigenvalue weighted by Gasteiger charge is 2.04. The van der Waals surface area contributed by atoms with Crippen molar-refractivity contribution in [1.29, 1.82) is 0 Å². The molecule has 3 rings (SSSR count). The SMILES string of the molecule is Fc1ccc(Oc2ccccc2Nc2ccccc2)cc1. The second-order valence-electron chi connectivity index (χ2n) is 4.54. The lowest BCUT2D eigenvalue weighted by Gasteiger charge is -2.13. The van der Waals surface area contributed by atoms with Gasteiger partial charge in [-0.3, -0.25) is 0 Å². The molecule has 3 aromatic rings. The number of halogens is 1. The summed E-state index contributed by atoms with van der Waals surface area (Å²) in [4.78, 5) is 0. The van der Waals surface area contributed by atoms with Crippen LogP contribution in [0.25, 0.3) is 0 Å². The van der Waals surface area contributed by atoms with E-state index in [1.165, 1.54) is 12.1 Å². The maximum Gasteiger partial charge on any atom is 0.150 e. The van der Waals surface area contributed by atoms with Gasteiger partial charge in [-0.25, -0.2) is 4.39 Å². The normalized spacial score (nSPS) is 10.1. The van der Waals surface area contributed by atoms with Crippen LogP contribution in [0.4, 0.5) is 15.8 Å². The van der Waals surface area contributed by atoms with Crippen LogP contribution in [0.3, 0.4) is 0 Å². The van der Waals surface area contributed by atoms with Gasteiger partial charge in [0.2, 0.25) is 0 Å². The minimum atomic E-state index is -0.280. The average Bonchev–Trinajstić information content (AvgIpc) is 2.52. The van der Waals surface area contributed by atoms with Gasteiger partial charge in [-0.15, -0.1) is 0 Å². The van der Waals surface area contributed by atoms with Gasteiger partial charge in [-0.1, -0.05) is 30.3 Å². The molecule has 2 nitrogen and oxygen atoms in total. The molecule has 0 unspecified atom stereocenters. The molecule has 3 aromatic carbocycles. The molecule has 0 saturated heterocycles. The number of benzene rings is 3. The first kappa shape index (κ1) is 13.2. The van der Waals surface area contributed by atoms with E-state index in [1.54, 1.807) is 12.1 Å². The van der Waals surface area contributed by atoms with E-state index in [0.717, 1.165) is 11.4 Å². The zero-order valence-corrected chi connectivity index (χ0v) is 11.3. The number of hydrogen-bond acceptors (Lipinski definition) is 2. The number of ether oxygens (including phenoxy) is 1. The Bertz CT molecular complexity index is 711. The molecule has 0 amide bonds. The van der Waals surface area contributed by atoms with Crippen LogP contribution < -0.4 is 10.1 Å². The second kappa shape index (κ2) is 6.09. The minimum absolute atomic E-state index is 0.280. The first-order chi connectivity index (χ1) is 10.3. The van der Waals surface area contributed by atoms with Crippen LogP contribution in [-0.4, -0.2) is 0 Å². The van der Waals surface area contributed by atoms with E-state index in [1.807, 2.05) is 54.6 Å². The zero-order chi connectivity index (χ0) is 14.5. The number of nitrogens with one attached hydrogen (secondary N) is 1. The molecule has 0 aliphatic heterocycles. The van der Waals surface area contributed by atoms with Gasteiger partial charge in [0, 0.05) is 5.69 Å². The van der Waals surface area contributed by atoms with Gasteiger partial charge in [0.15, 0.2) is 5.75 Å². The lowest BCUT2D eigenvalue weighted by molar-refractivity contribution is 0.482. The first-order valence-corrected chi connectivity index (χ1v) is 6.66. The lowest BCUT2D eigenvalue weighted by Crippen LogP contribution is -1.94. The van der Waals surface area contributed by atoms with Crippen LogP contribution in [0.5, 0.6) is 11.5 Å². The second-order valence-corrected chi connectivity index (χ2v) is 4.54.